The van der Waals surface area contributed by atoms with Crippen LogP contribution in [0.1, 0.15) is 27.2 Å². The Balaban J connectivity index is 2.11. The minimum absolute atomic E-state index is 0.0614. The molecule has 4 nitrogen and oxygen atoms in total. The lowest BCUT2D eigenvalue weighted by Gasteiger charge is -2.17. The number of amides is 1. The van der Waals surface area contributed by atoms with Crippen molar-refractivity contribution in [2.24, 2.45) is 5.73 Å². The molecule has 22 heavy (non-hydrogen) atoms. The summed E-state index contributed by atoms with van der Waals surface area (Å²) in [5, 5.41) is 0. The average molecular weight is 312 g/mol. The van der Waals surface area contributed by atoms with Crippen LogP contribution in [-0.2, 0) is 19.3 Å². The molecule has 0 aliphatic rings. The van der Waals surface area contributed by atoms with E-state index in [1.54, 1.807) is 6.07 Å². The Labute approximate surface area is 125 Å². The second kappa shape index (κ2) is 6.23. The molecule has 1 aromatic heterocycles. The molecular weight excluding hydrogens is 297 g/mol. The minimum atomic E-state index is -4.40. The fourth-order valence-corrected chi connectivity index (χ4v) is 2.01. The van der Waals surface area contributed by atoms with E-state index in [1.807, 2.05) is 0 Å². The first-order valence-corrected chi connectivity index (χ1v) is 6.50. The molecular formula is C15H15F3N2O2. The zero-order chi connectivity index (χ0) is 16.3. The van der Waals surface area contributed by atoms with Gasteiger partial charge in [0.05, 0.1) is 17.7 Å². The number of benzene rings is 1. The van der Waals surface area contributed by atoms with Crippen LogP contribution in [0.15, 0.2) is 41.0 Å². The Morgan fingerprint density at radius 1 is 1.32 bits per heavy atom. The first-order chi connectivity index (χ1) is 10.3. The molecule has 2 rings (SSSR count). The van der Waals surface area contributed by atoms with Crippen LogP contribution in [0, 0.1) is 0 Å². The normalized spacial score (nSPS) is 11.5. The molecule has 0 saturated carbocycles. The minimum Gasteiger partial charge on any atom is -0.467 e. The number of nitrogens with two attached hydrogens (primary N) is 1. The van der Waals surface area contributed by atoms with Crippen molar-refractivity contribution in [2.75, 3.05) is 7.05 Å². The molecule has 0 fully saturated rings. The molecule has 1 aromatic carbocycles. The summed E-state index contributed by atoms with van der Waals surface area (Å²) >= 11 is 0. The number of alkyl halides is 3. The van der Waals surface area contributed by atoms with E-state index in [9.17, 15) is 18.0 Å². The SMILES string of the molecule is CN(Cc1cccc(C(F)(F)F)c1)C(=O)c1coc(CN)c1. The van der Waals surface area contributed by atoms with E-state index in [0.29, 0.717) is 16.9 Å². The lowest BCUT2D eigenvalue weighted by atomic mass is 10.1. The molecule has 0 saturated heterocycles. The molecule has 0 atom stereocenters. The van der Waals surface area contributed by atoms with E-state index in [2.05, 4.69) is 0 Å². The second-order valence-electron chi connectivity index (χ2n) is 4.87. The number of hydrogen-bond donors (Lipinski definition) is 1. The van der Waals surface area contributed by atoms with Gasteiger partial charge >= 0.3 is 6.18 Å². The van der Waals surface area contributed by atoms with E-state index in [4.69, 9.17) is 10.2 Å². The van der Waals surface area contributed by atoms with Gasteiger partial charge in [-0.05, 0) is 23.8 Å². The van der Waals surface area contributed by atoms with Crippen LogP contribution in [0.3, 0.4) is 0 Å². The highest BCUT2D eigenvalue weighted by atomic mass is 19.4. The van der Waals surface area contributed by atoms with Crippen LogP contribution in [0.5, 0.6) is 0 Å². The highest BCUT2D eigenvalue weighted by molar-refractivity contribution is 5.93. The van der Waals surface area contributed by atoms with Gasteiger partial charge in [0.1, 0.15) is 12.0 Å². The van der Waals surface area contributed by atoms with Gasteiger partial charge in [-0.2, -0.15) is 13.2 Å². The number of furan rings is 1. The third kappa shape index (κ3) is 3.67. The quantitative estimate of drug-likeness (QED) is 0.944. The summed E-state index contributed by atoms with van der Waals surface area (Å²) in [6, 6.07) is 6.41. The fraction of sp³-hybridized carbons (Fsp3) is 0.267. The van der Waals surface area contributed by atoms with Crippen LogP contribution in [0.4, 0.5) is 13.2 Å². The zero-order valence-electron chi connectivity index (χ0n) is 11.9. The summed E-state index contributed by atoms with van der Waals surface area (Å²) < 4.78 is 43.1. The van der Waals surface area contributed by atoms with E-state index in [-0.39, 0.29) is 19.0 Å². The Morgan fingerprint density at radius 3 is 2.64 bits per heavy atom. The maximum Gasteiger partial charge on any atom is 0.416 e. The lowest BCUT2D eigenvalue weighted by Crippen LogP contribution is -2.26. The van der Waals surface area contributed by atoms with Crippen LogP contribution in [-0.4, -0.2) is 17.9 Å². The second-order valence-corrected chi connectivity index (χ2v) is 4.87. The third-order valence-electron chi connectivity index (χ3n) is 3.12. The molecule has 0 spiro atoms. The van der Waals surface area contributed by atoms with Gasteiger partial charge in [0, 0.05) is 13.6 Å². The maximum absolute atomic E-state index is 12.7. The summed E-state index contributed by atoms with van der Waals surface area (Å²) in [6.07, 6.45) is -3.12. The van der Waals surface area contributed by atoms with E-state index in [1.165, 1.54) is 30.3 Å². The molecule has 0 aliphatic heterocycles. The average Bonchev–Trinajstić information content (AvgIpc) is 2.94. The van der Waals surface area contributed by atoms with Crippen LogP contribution < -0.4 is 5.73 Å². The van der Waals surface area contributed by atoms with Gasteiger partial charge in [0.15, 0.2) is 0 Å². The number of hydrogen-bond acceptors (Lipinski definition) is 3. The van der Waals surface area contributed by atoms with Gasteiger partial charge in [0.2, 0.25) is 0 Å². The molecule has 2 N–H and O–H groups in total. The Kier molecular flexibility index (Phi) is 4.56. The molecule has 2 aromatic rings. The van der Waals surface area contributed by atoms with Crippen LogP contribution in [0.25, 0.3) is 0 Å². The highest BCUT2D eigenvalue weighted by Crippen LogP contribution is 2.29. The predicted octanol–water partition coefficient (Wildman–Crippen LogP) is 3.03. The number of carbonyl (C=O) groups is 1. The Bertz CT molecular complexity index is 665. The highest BCUT2D eigenvalue weighted by Gasteiger charge is 2.30. The van der Waals surface area contributed by atoms with Gasteiger partial charge in [0.25, 0.3) is 5.91 Å². The third-order valence-corrected chi connectivity index (χ3v) is 3.12. The summed E-state index contributed by atoms with van der Waals surface area (Å²) in [7, 11) is 1.51. The standard InChI is InChI=1S/C15H15F3N2O2/c1-20(14(21)11-6-13(7-19)22-9-11)8-10-3-2-4-12(5-10)15(16,17)18/h2-6,9H,7-8,19H2,1H3. The Hall–Kier alpha value is -2.28. The summed E-state index contributed by atoms with van der Waals surface area (Å²) in [5.74, 6) is 0.122. The molecule has 7 heteroatoms. The van der Waals surface area contributed by atoms with Gasteiger partial charge in [-0.25, -0.2) is 0 Å². The zero-order valence-corrected chi connectivity index (χ0v) is 11.9. The van der Waals surface area contributed by atoms with E-state index < -0.39 is 11.7 Å². The summed E-state index contributed by atoms with van der Waals surface area (Å²) in [6.45, 7) is 0.233. The van der Waals surface area contributed by atoms with Gasteiger partial charge in [-0.15, -0.1) is 0 Å². The number of halogens is 3. The predicted molar refractivity (Wildman–Crippen MR) is 73.8 cm³/mol. The molecule has 0 unspecified atom stereocenters. The van der Waals surface area contributed by atoms with Crippen molar-refractivity contribution in [3.05, 3.63) is 59.0 Å². The van der Waals surface area contributed by atoms with Crippen LogP contribution >= 0.6 is 0 Å². The van der Waals surface area contributed by atoms with Crippen molar-refractivity contribution in [3.8, 4) is 0 Å². The van der Waals surface area contributed by atoms with Crippen molar-refractivity contribution in [3.63, 3.8) is 0 Å². The summed E-state index contributed by atoms with van der Waals surface area (Å²) in [5.41, 5.74) is 5.37. The molecule has 0 aliphatic carbocycles. The summed E-state index contributed by atoms with van der Waals surface area (Å²) in [4.78, 5) is 13.5. The molecule has 1 heterocycles. The molecule has 0 radical (unpaired) electrons. The first-order valence-electron chi connectivity index (χ1n) is 6.50. The molecule has 0 bridgehead atoms. The van der Waals surface area contributed by atoms with Crippen LogP contribution in [0.2, 0.25) is 0 Å². The largest absolute Gasteiger partial charge is 0.467 e. The Morgan fingerprint density at radius 2 is 2.05 bits per heavy atom. The fourth-order valence-electron chi connectivity index (χ4n) is 2.01. The van der Waals surface area contributed by atoms with Crippen molar-refractivity contribution in [1.29, 1.82) is 0 Å². The van der Waals surface area contributed by atoms with Gasteiger partial charge in [-0.3, -0.25) is 4.79 Å². The van der Waals surface area contributed by atoms with Crippen molar-refractivity contribution >= 4 is 5.91 Å². The maximum atomic E-state index is 12.7. The van der Waals surface area contributed by atoms with Gasteiger partial charge in [-0.1, -0.05) is 12.1 Å². The number of rotatable bonds is 4. The topological polar surface area (TPSA) is 59.5 Å². The van der Waals surface area contributed by atoms with Crippen molar-refractivity contribution < 1.29 is 22.4 Å². The number of nitrogens with zero attached hydrogens (tertiary/aromatic N) is 1. The number of carbonyl (C=O) groups excluding carboxylic acids is 1. The lowest BCUT2D eigenvalue weighted by molar-refractivity contribution is -0.137. The van der Waals surface area contributed by atoms with Crippen molar-refractivity contribution in [2.45, 2.75) is 19.3 Å². The monoisotopic (exact) mass is 312 g/mol. The van der Waals surface area contributed by atoms with E-state index >= 15 is 0 Å². The van der Waals surface area contributed by atoms with Gasteiger partial charge < -0.3 is 15.1 Å². The molecule has 118 valence electrons. The first kappa shape index (κ1) is 16.1. The molecule has 1 amide bonds. The van der Waals surface area contributed by atoms with Crippen molar-refractivity contribution in [1.82, 2.24) is 4.90 Å². The smallest absolute Gasteiger partial charge is 0.416 e. The van der Waals surface area contributed by atoms with E-state index in [0.717, 1.165) is 12.1 Å².